The fourth-order valence-corrected chi connectivity index (χ4v) is 4.09. The number of nitrogens with one attached hydrogen (secondary N) is 1. The van der Waals surface area contributed by atoms with E-state index in [1.54, 1.807) is 7.11 Å². The minimum atomic E-state index is 0.00322. The highest BCUT2D eigenvalue weighted by molar-refractivity contribution is 5.90. The van der Waals surface area contributed by atoms with Crippen molar-refractivity contribution in [2.24, 2.45) is 0 Å². The molecular weight excluding hydrogens is 386 g/mol. The van der Waals surface area contributed by atoms with Crippen LogP contribution in [0.15, 0.2) is 48.5 Å². The highest BCUT2D eigenvalue weighted by Gasteiger charge is 2.22. The number of nitrogens with zero attached hydrogens (tertiary/aromatic N) is 2. The van der Waals surface area contributed by atoms with Crippen LogP contribution in [0.2, 0.25) is 0 Å². The molecule has 0 aliphatic heterocycles. The Balaban J connectivity index is 1.51. The molecule has 5 nitrogen and oxygen atoms in total. The van der Waals surface area contributed by atoms with Crippen molar-refractivity contribution >= 4 is 11.7 Å². The van der Waals surface area contributed by atoms with Gasteiger partial charge in [-0.25, -0.2) is 9.97 Å². The van der Waals surface area contributed by atoms with Crippen LogP contribution in [0.4, 0.5) is 5.82 Å². The summed E-state index contributed by atoms with van der Waals surface area (Å²) in [5, 5.41) is 3.04. The van der Waals surface area contributed by atoms with Gasteiger partial charge in [0.2, 0.25) is 5.91 Å². The zero-order valence-electron chi connectivity index (χ0n) is 18.3. The van der Waals surface area contributed by atoms with Gasteiger partial charge < -0.3 is 10.1 Å². The topological polar surface area (TPSA) is 64.1 Å². The van der Waals surface area contributed by atoms with E-state index in [0.717, 1.165) is 66.9 Å². The quantitative estimate of drug-likeness (QED) is 0.552. The maximum absolute atomic E-state index is 12.6. The van der Waals surface area contributed by atoms with Gasteiger partial charge in [0.1, 0.15) is 5.75 Å². The summed E-state index contributed by atoms with van der Waals surface area (Å²) in [4.78, 5) is 22.4. The molecule has 0 spiro atoms. The molecule has 0 saturated carbocycles. The Hall–Kier alpha value is -3.21. The smallest absolute Gasteiger partial charge is 0.225 e. The van der Waals surface area contributed by atoms with Gasteiger partial charge in [0.15, 0.2) is 5.82 Å². The number of hydrogen-bond donors (Lipinski definition) is 1. The predicted molar refractivity (Wildman–Crippen MR) is 123 cm³/mol. The van der Waals surface area contributed by atoms with Gasteiger partial charge in [-0.2, -0.15) is 0 Å². The van der Waals surface area contributed by atoms with E-state index in [1.165, 1.54) is 11.1 Å². The van der Waals surface area contributed by atoms with Gasteiger partial charge in [0.05, 0.1) is 24.2 Å². The van der Waals surface area contributed by atoms with Crippen molar-refractivity contribution in [2.45, 2.75) is 51.9 Å². The number of benzene rings is 2. The predicted octanol–water partition coefficient (Wildman–Crippen LogP) is 5.16. The maximum atomic E-state index is 12.6. The van der Waals surface area contributed by atoms with Crippen LogP contribution in [-0.4, -0.2) is 23.0 Å². The SMILES string of the molecule is CCCc1nc2c(nc1NC(=O)CCCc1ccccc1)CCc1cc(OC)ccc1-2. The van der Waals surface area contributed by atoms with E-state index in [1.807, 2.05) is 24.3 Å². The van der Waals surface area contributed by atoms with Crippen LogP contribution >= 0.6 is 0 Å². The molecule has 160 valence electrons. The number of carbonyl (C=O) groups is 1. The highest BCUT2D eigenvalue weighted by atomic mass is 16.5. The van der Waals surface area contributed by atoms with E-state index in [4.69, 9.17) is 14.7 Å². The van der Waals surface area contributed by atoms with E-state index in [2.05, 4.69) is 36.5 Å². The van der Waals surface area contributed by atoms with Crippen molar-refractivity contribution < 1.29 is 9.53 Å². The Labute approximate surface area is 183 Å². The number of ether oxygens (including phenoxy) is 1. The zero-order chi connectivity index (χ0) is 21.6. The number of anilines is 1. The molecule has 1 heterocycles. The molecule has 1 aliphatic rings. The van der Waals surface area contributed by atoms with Crippen LogP contribution in [-0.2, 0) is 30.5 Å². The molecule has 2 aromatic carbocycles. The molecule has 0 saturated heterocycles. The van der Waals surface area contributed by atoms with Crippen molar-refractivity contribution in [3.8, 4) is 17.0 Å². The van der Waals surface area contributed by atoms with Crippen molar-refractivity contribution in [2.75, 3.05) is 12.4 Å². The van der Waals surface area contributed by atoms with Crippen molar-refractivity contribution in [1.29, 1.82) is 0 Å². The minimum absolute atomic E-state index is 0.00322. The molecule has 0 fully saturated rings. The lowest BCUT2D eigenvalue weighted by atomic mass is 9.91. The number of fused-ring (bicyclic) bond motifs is 3. The van der Waals surface area contributed by atoms with Crippen LogP contribution in [0.3, 0.4) is 0 Å². The third-order valence-corrected chi connectivity index (χ3v) is 5.70. The number of rotatable bonds is 8. The fourth-order valence-electron chi connectivity index (χ4n) is 4.09. The third kappa shape index (κ3) is 4.93. The molecule has 4 rings (SSSR count). The second-order valence-electron chi connectivity index (χ2n) is 7.97. The Morgan fingerprint density at radius 2 is 1.90 bits per heavy atom. The molecule has 0 bridgehead atoms. The average Bonchev–Trinajstić information content (AvgIpc) is 2.80. The number of methoxy groups -OCH3 is 1. The molecule has 3 aromatic rings. The first kappa shape index (κ1) is 21.0. The summed E-state index contributed by atoms with van der Waals surface area (Å²) in [6.07, 6.45) is 5.61. The summed E-state index contributed by atoms with van der Waals surface area (Å²) in [6.45, 7) is 2.12. The van der Waals surface area contributed by atoms with E-state index in [-0.39, 0.29) is 5.91 Å². The lowest BCUT2D eigenvalue weighted by molar-refractivity contribution is -0.116. The van der Waals surface area contributed by atoms with Gasteiger partial charge in [-0.05, 0) is 61.4 Å². The highest BCUT2D eigenvalue weighted by Crippen LogP contribution is 2.35. The minimum Gasteiger partial charge on any atom is -0.497 e. The first-order valence-electron chi connectivity index (χ1n) is 11.1. The molecule has 0 atom stereocenters. The first-order chi connectivity index (χ1) is 15.2. The third-order valence-electron chi connectivity index (χ3n) is 5.70. The van der Waals surface area contributed by atoms with Crippen LogP contribution in [0.5, 0.6) is 5.75 Å². The summed E-state index contributed by atoms with van der Waals surface area (Å²) in [6, 6.07) is 16.4. The molecule has 5 heteroatoms. The lowest BCUT2D eigenvalue weighted by Gasteiger charge is -2.21. The monoisotopic (exact) mass is 415 g/mol. The standard InChI is InChI=1S/C26H29N3O2/c1-3-8-23-26(29-24(30)12-7-11-18-9-5-4-6-10-18)28-22-16-13-19-17-20(31-2)14-15-21(19)25(22)27-23/h4-6,9-10,14-15,17H,3,7-8,11-13,16H2,1-2H3,(H,28,29,30). The molecule has 0 unspecified atom stereocenters. The Kier molecular flexibility index (Phi) is 6.60. The van der Waals surface area contributed by atoms with Crippen LogP contribution < -0.4 is 10.1 Å². The zero-order valence-corrected chi connectivity index (χ0v) is 18.3. The Morgan fingerprint density at radius 3 is 2.68 bits per heavy atom. The van der Waals surface area contributed by atoms with Crippen LogP contribution in [0.1, 0.15) is 48.7 Å². The van der Waals surface area contributed by atoms with Gasteiger partial charge >= 0.3 is 0 Å². The molecule has 1 N–H and O–H groups in total. The number of carbonyl (C=O) groups excluding carboxylic acids is 1. The molecule has 1 amide bonds. The Bertz CT molecular complexity index is 1060. The first-order valence-corrected chi connectivity index (χ1v) is 11.1. The number of amides is 1. The van der Waals surface area contributed by atoms with Gasteiger partial charge in [-0.1, -0.05) is 43.7 Å². The van der Waals surface area contributed by atoms with E-state index in [9.17, 15) is 4.79 Å². The summed E-state index contributed by atoms with van der Waals surface area (Å²) >= 11 is 0. The average molecular weight is 416 g/mol. The van der Waals surface area contributed by atoms with Crippen molar-refractivity contribution in [1.82, 2.24) is 9.97 Å². The summed E-state index contributed by atoms with van der Waals surface area (Å²) in [5.41, 5.74) is 6.37. The fraction of sp³-hybridized carbons (Fsp3) is 0.346. The molecule has 0 radical (unpaired) electrons. The van der Waals surface area contributed by atoms with Crippen LogP contribution in [0.25, 0.3) is 11.3 Å². The number of aryl methyl sites for hydroxylation is 4. The Morgan fingerprint density at radius 1 is 1.06 bits per heavy atom. The van der Waals surface area contributed by atoms with E-state index >= 15 is 0 Å². The molecular formula is C26H29N3O2. The summed E-state index contributed by atoms with van der Waals surface area (Å²) in [7, 11) is 1.69. The summed E-state index contributed by atoms with van der Waals surface area (Å²) in [5.74, 6) is 1.49. The van der Waals surface area contributed by atoms with Gasteiger partial charge in [-0.15, -0.1) is 0 Å². The molecule has 1 aromatic heterocycles. The second kappa shape index (κ2) is 9.73. The van der Waals surface area contributed by atoms with Gasteiger partial charge in [0.25, 0.3) is 0 Å². The van der Waals surface area contributed by atoms with Crippen LogP contribution in [0, 0.1) is 0 Å². The normalized spacial score (nSPS) is 12.1. The van der Waals surface area contributed by atoms with E-state index in [0.29, 0.717) is 12.2 Å². The van der Waals surface area contributed by atoms with Gasteiger partial charge in [-0.3, -0.25) is 4.79 Å². The maximum Gasteiger partial charge on any atom is 0.225 e. The lowest BCUT2D eigenvalue weighted by Crippen LogP contribution is -2.18. The second-order valence-corrected chi connectivity index (χ2v) is 7.97. The molecule has 1 aliphatic carbocycles. The van der Waals surface area contributed by atoms with Crippen molar-refractivity contribution in [3.63, 3.8) is 0 Å². The van der Waals surface area contributed by atoms with Crippen molar-refractivity contribution in [3.05, 3.63) is 71.0 Å². The number of hydrogen-bond acceptors (Lipinski definition) is 4. The summed E-state index contributed by atoms with van der Waals surface area (Å²) < 4.78 is 5.37. The largest absolute Gasteiger partial charge is 0.497 e. The number of aromatic nitrogens is 2. The van der Waals surface area contributed by atoms with E-state index < -0.39 is 0 Å². The molecule has 31 heavy (non-hydrogen) atoms. The van der Waals surface area contributed by atoms with Gasteiger partial charge in [0, 0.05) is 12.0 Å².